The van der Waals surface area contributed by atoms with Crippen molar-refractivity contribution in [3.05, 3.63) is 29.8 Å². The molecule has 1 aromatic carbocycles. The van der Waals surface area contributed by atoms with Gasteiger partial charge in [0.2, 0.25) is 0 Å². The third kappa shape index (κ3) is 3.90. The maximum Gasteiger partial charge on any atom is 0.149 e. The van der Waals surface area contributed by atoms with E-state index >= 15 is 0 Å². The Balaban J connectivity index is 1.87. The van der Waals surface area contributed by atoms with Crippen molar-refractivity contribution in [1.82, 2.24) is 4.90 Å². The number of hydrogen-bond donors (Lipinski definition) is 1. The smallest absolute Gasteiger partial charge is 0.149 e. The van der Waals surface area contributed by atoms with Crippen molar-refractivity contribution >= 4 is 5.69 Å². The van der Waals surface area contributed by atoms with E-state index < -0.39 is 11.6 Å². The molecule has 112 valence electrons. The van der Waals surface area contributed by atoms with Gasteiger partial charge in [-0.2, -0.15) is 0 Å². The number of β-amino-alcohol motifs (C(OH)–C–C–N with tert-alkyl or cyclic N) is 1. The van der Waals surface area contributed by atoms with Crippen molar-refractivity contribution in [1.29, 1.82) is 0 Å². The minimum atomic E-state index is -0.549. The zero-order chi connectivity index (χ0) is 14.5. The van der Waals surface area contributed by atoms with Crippen molar-refractivity contribution in [3.63, 3.8) is 0 Å². The van der Waals surface area contributed by atoms with Crippen molar-refractivity contribution in [3.8, 4) is 0 Å². The van der Waals surface area contributed by atoms with E-state index in [0.717, 1.165) is 32.0 Å². The fourth-order valence-corrected chi connectivity index (χ4v) is 2.63. The summed E-state index contributed by atoms with van der Waals surface area (Å²) in [5, 5.41) is 9.80. The molecule has 1 aliphatic rings. The summed E-state index contributed by atoms with van der Waals surface area (Å²) >= 11 is 0. The largest absolute Gasteiger partial charge is 0.392 e. The van der Waals surface area contributed by atoms with Gasteiger partial charge in [-0.3, -0.25) is 4.90 Å². The van der Waals surface area contributed by atoms with E-state index in [1.165, 1.54) is 12.1 Å². The summed E-state index contributed by atoms with van der Waals surface area (Å²) in [5.74, 6) is -1.06. The maximum absolute atomic E-state index is 13.7. The van der Waals surface area contributed by atoms with Gasteiger partial charge in [0.1, 0.15) is 11.6 Å². The molecule has 0 spiro atoms. The molecule has 1 unspecified atom stereocenters. The lowest BCUT2D eigenvalue weighted by molar-refractivity contribution is 0.101. The zero-order valence-corrected chi connectivity index (χ0v) is 11.9. The predicted octanol–water partition coefficient (Wildman–Crippen LogP) is 2.25. The van der Waals surface area contributed by atoms with Crippen LogP contribution >= 0.6 is 0 Å². The summed E-state index contributed by atoms with van der Waals surface area (Å²) in [6.07, 6.45) is 1.50. The van der Waals surface area contributed by atoms with Gasteiger partial charge in [0.05, 0.1) is 11.8 Å². The lowest BCUT2D eigenvalue weighted by Crippen LogP contribution is -2.48. The van der Waals surface area contributed by atoms with Gasteiger partial charge in [0.25, 0.3) is 0 Å². The number of nitrogens with zero attached hydrogens (tertiary/aromatic N) is 2. The van der Waals surface area contributed by atoms with Crippen molar-refractivity contribution < 1.29 is 13.9 Å². The third-order valence-electron chi connectivity index (χ3n) is 3.71. The van der Waals surface area contributed by atoms with Crippen LogP contribution in [0.5, 0.6) is 0 Å². The highest BCUT2D eigenvalue weighted by molar-refractivity contribution is 5.48. The van der Waals surface area contributed by atoms with E-state index in [2.05, 4.69) is 11.8 Å². The molecule has 20 heavy (non-hydrogen) atoms. The van der Waals surface area contributed by atoms with Crippen LogP contribution in [0.15, 0.2) is 18.2 Å². The monoisotopic (exact) mass is 284 g/mol. The van der Waals surface area contributed by atoms with Crippen LogP contribution in [-0.2, 0) is 0 Å². The molecule has 1 N–H and O–H groups in total. The first-order chi connectivity index (χ1) is 9.60. The van der Waals surface area contributed by atoms with Crippen LogP contribution < -0.4 is 4.90 Å². The number of aliphatic hydroxyl groups excluding tert-OH is 1. The molecule has 0 bridgehead atoms. The second-order valence-corrected chi connectivity index (χ2v) is 5.33. The third-order valence-corrected chi connectivity index (χ3v) is 3.71. The van der Waals surface area contributed by atoms with Crippen LogP contribution in [0, 0.1) is 11.6 Å². The molecule has 3 nitrogen and oxygen atoms in total. The Hall–Kier alpha value is -1.20. The van der Waals surface area contributed by atoms with Gasteiger partial charge in [0.15, 0.2) is 0 Å². The van der Waals surface area contributed by atoms with Crippen LogP contribution in [0.3, 0.4) is 0 Å². The molecular weight excluding hydrogens is 262 g/mol. The first-order valence-corrected chi connectivity index (χ1v) is 7.20. The molecule has 1 aliphatic heterocycles. The second kappa shape index (κ2) is 6.99. The number of piperazine rings is 1. The number of anilines is 1. The van der Waals surface area contributed by atoms with Gasteiger partial charge in [-0.05, 0) is 18.6 Å². The molecule has 0 radical (unpaired) electrons. The van der Waals surface area contributed by atoms with E-state index in [1.54, 1.807) is 0 Å². The zero-order valence-electron chi connectivity index (χ0n) is 11.9. The highest BCUT2D eigenvalue weighted by Crippen LogP contribution is 2.21. The number of benzene rings is 1. The first-order valence-electron chi connectivity index (χ1n) is 7.20. The molecule has 1 heterocycles. The molecule has 1 fully saturated rings. The number of hydrogen-bond acceptors (Lipinski definition) is 3. The lowest BCUT2D eigenvalue weighted by Gasteiger charge is -2.37. The highest BCUT2D eigenvalue weighted by Gasteiger charge is 2.21. The summed E-state index contributed by atoms with van der Waals surface area (Å²) in [4.78, 5) is 4.12. The van der Waals surface area contributed by atoms with Crippen LogP contribution in [0.1, 0.15) is 19.8 Å². The van der Waals surface area contributed by atoms with E-state index in [0.29, 0.717) is 25.3 Å². The van der Waals surface area contributed by atoms with E-state index in [1.807, 2.05) is 4.90 Å². The minimum Gasteiger partial charge on any atom is -0.392 e. The topological polar surface area (TPSA) is 26.7 Å². The second-order valence-electron chi connectivity index (χ2n) is 5.33. The first kappa shape index (κ1) is 15.2. The quantitative estimate of drug-likeness (QED) is 0.898. The molecule has 0 saturated carbocycles. The summed E-state index contributed by atoms with van der Waals surface area (Å²) < 4.78 is 26.6. The standard InChI is InChI=1S/C15H22F2N2O/c1-2-3-13(20)11-18-6-8-19(9-7-18)15-5-4-12(16)10-14(15)17/h4-5,10,13,20H,2-3,6-9,11H2,1H3. The van der Waals surface area contributed by atoms with Gasteiger partial charge in [0, 0.05) is 38.8 Å². The Morgan fingerprint density at radius 1 is 1.20 bits per heavy atom. The molecule has 0 aliphatic carbocycles. The van der Waals surface area contributed by atoms with E-state index in [-0.39, 0.29) is 6.10 Å². The number of aliphatic hydroxyl groups is 1. The van der Waals surface area contributed by atoms with Gasteiger partial charge in [-0.1, -0.05) is 13.3 Å². The Morgan fingerprint density at radius 2 is 1.90 bits per heavy atom. The summed E-state index contributed by atoms with van der Waals surface area (Å²) in [7, 11) is 0. The normalized spacial score (nSPS) is 18.3. The fraction of sp³-hybridized carbons (Fsp3) is 0.600. The van der Waals surface area contributed by atoms with Crippen molar-refractivity contribution in [2.24, 2.45) is 0 Å². The Morgan fingerprint density at radius 3 is 2.50 bits per heavy atom. The molecule has 1 aromatic rings. The van der Waals surface area contributed by atoms with Gasteiger partial charge >= 0.3 is 0 Å². The summed E-state index contributed by atoms with van der Waals surface area (Å²) in [6, 6.07) is 3.70. The molecular formula is C15H22F2N2O. The Kier molecular flexibility index (Phi) is 5.31. The van der Waals surface area contributed by atoms with E-state index in [9.17, 15) is 13.9 Å². The lowest BCUT2D eigenvalue weighted by atomic mass is 10.2. The van der Waals surface area contributed by atoms with Gasteiger partial charge in [-0.15, -0.1) is 0 Å². The summed E-state index contributed by atoms with van der Waals surface area (Å²) in [5.41, 5.74) is 0.458. The van der Waals surface area contributed by atoms with Crippen LogP contribution in [0.4, 0.5) is 14.5 Å². The SMILES string of the molecule is CCCC(O)CN1CCN(c2ccc(F)cc2F)CC1. The minimum absolute atomic E-state index is 0.283. The van der Waals surface area contributed by atoms with Crippen molar-refractivity contribution in [2.75, 3.05) is 37.6 Å². The number of rotatable bonds is 5. The summed E-state index contributed by atoms with van der Waals surface area (Å²) in [6.45, 7) is 5.70. The Labute approximate surface area is 118 Å². The average Bonchev–Trinajstić information content (AvgIpc) is 2.40. The van der Waals surface area contributed by atoms with Crippen molar-refractivity contribution in [2.45, 2.75) is 25.9 Å². The maximum atomic E-state index is 13.7. The molecule has 0 amide bonds. The molecule has 1 saturated heterocycles. The predicted molar refractivity (Wildman–Crippen MR) is 75.9 cm³/mol. The molecule has 2 rings (SSSR count). The molecule has 5 heteroatoms. The van der Waals surface area contributed by atoms with Gasteiger partial charge in [-0.25, -0.2) is 8.78 Å². The molecule has 0 aromatic heterocycles. The number of halogens is 2. The highest BCUT2D eigenvalue weighted by atomic mass is 19.1. The van der Waals surface area contributed by atoms with E-state index in [4.69, 9.17) is 0 Å². The average molecular weight is 284 g/mol. The Bertz CT molecular complexity index is 434. The van der Waals surface area contributed by atoms with Crippen LogP contribution in [0.25, 0.3) is 0 Å². The van der Waals surface area contributed by atoms with Crippen LogP contribution in [0.2, 0.25) is 0 Å². The van der Waals surface area contributed by atoms with Crippen LogP contribution in [-0.4, -0.2) is 48.8 Å². The molecule has 1 atom stereocenters. The fourth-order valence-electron chi connectivity index (χ4n) is 2.63. The van der Waals surface area contributed by atoms with Gasteiger partial charge < -0.3 is 10.0 Å².